The molecule has 122 valence electrons. The molecular formula is C11H20N2O8. The van der Waals surface area contributed by atoms with Gasteiger partial charge in [-0.25, -0.2) is 0 Å². The highest BCUT2D eigenvalue weighted by Crippen LogP contribution is 1.96. The van der Waals surface area contributed by atoms with Gasteiger partial charge in [-0.3, -0.25) is 19.2 Å². The van der Waals surface area contributed by atoms with Crippen molar-refractivity contribution < 1.29 is 39.6 Å². The summed E-state index contributed by atoms with van der Waals surface area (Å²) >= 11 is 0. The van der Waals surface area contributed by atoms with Crippen LogP contribution in [-0.4, -0.2) is 63.4 Å². The molecule has 0 radical (unpaired) electrons. The van der Waals surface area contributed by atoms with E-state index < -0.39 is 36.0 Å². The number of carbonyl (C=O) groups is 4. The molecule has 0 saturated heterocycles. The zero-order valence-corrected chi connectivity index (χ0v) is 11.5. The molecule has 0 bridgehead atoms. The maximum absolute atomic E-state index is 10.3. The fourth-order valence-electron chi connectivity index (χ4n) is 1.06. The second-order valence-corrected chi connectivity index (χ2v) is 3.99. The summed E-state index contributed by atoms with van der Waals surface area (Å²) in [5, 5.41) is 35.4. The van der Waals surface area contributed by atoms with Crippen molar-refractivity contribution in [2.24, 2.45) is 5.73 Å². The van der Waals surface area contributed by atoms with Gasteiger partial charge in [0, 0.05) is 12.8 Å². The van der Waals surface area contributed by atoms with Crippen molar-refractivity contribution in [1.29, 1.82) is 0 Å². The highest BCUT2D eigenvalue weighted by atomic mass is 16.4. The summed E-state index contributed by atoms with van der Waals surface area (Å²) in [6.07, 6.45) is -0.239. The SMILES string of the molecule is CN[C@@H](CCC(=O)O)C(=O)O.N[C@@H](CCC(=O)O)C(=O)O. The molecule has 10 nitrogen and oxygen atoms in total. The Balaban J connectivity index is 0. The van der Waals surface area contributed by atoms with Gasteiger partial charge >= 0.3 is 23.9 Å². The minimum absolute atomic E-state index is 0.0231. The molecule has 0 aliphatic heterocycles. The Kier molecular flexibility index (Phi) is 11.7. The van der Waals surface area contributed by atoms with Gasteiger partial charge in [-0.1, -0.05) is 0 Å². The van der Waals surface area contributed by atoms with Crippen molar-refractivity contribution >= 4 is 23.9 Å². The number of carboxylic acids is 4. The fourth-order valence-corrected chi connectivity index (χ4v) is 1.06. The first-order chi connectivity index (χ1) is 9.61. The third-order valence-corrected chi connectivity index (χ3v) is 2.28. The molecule has 0 unspecified atom stereocenters. The van der Waals surface area contributed by atoms with Gasteiger partial charge in [0.05, 0.1) is 0 Å². The van der Waals surface area contributed by atoms with E-state index in [1.54, 1.807) is 0 Å². The van der Waals surface area contributed by atoms with Crippen molar-refractivity contribution in [2.75, 3.05) is 7.05 Å². The number of rotatable bonds is 9. The molecule has 0 amide bonds. The third kappa shape index (κ3) is 14.0. The Labute approximate surface area is 120 Å². The summed E-state index contributed by atoms with van der Waals surface area (Å²) in [6, 6.07) is -1.82. The molecule has 7 N–H and O–H groups in total. The predicted molar refractivity (Wildman–Crippen MR) is 69.8 cm³/mol. The first-order valence-electron chi connectivity index (χ1n) is 5.93. The van der Waals surface area contributed by atoms with Crippen LogP contribution in [0.4, 0.5) is 0 Å². The van der Waals surface area contributed by atoms with Crippen LogP contribution in [0, 0.1) is 0 Å². The highest BCUT2D eigenvalue weighted by Gasteiger charge is 2.15. The molecule has 0 rings (SSSR count). The minimum Gasteiger partial charge on any atom is -0.481 e. The highest BCUT2D eigenvalue weighted by molar-refractivity contribution is 5.75. The van der Waals surface area contributed by atoms with E-state index >= 15 is 0 Å². The Morgan fingerprint density at radius 3 is 1.62 bits per heavy atom. The summed E-state index contributed by atoms with van der Waals surface area (Å²) in [6.45, 7) is 0. The van der Waals surface area contributed by atoms with Crippen LogP contribution in [0.5, 0.6) is 0 Å². The third-order valence-electron chi connectivity index (χ3n) is 2.28. The lowest BCUT2D eigenvalue weighted by atomic mass is 10.1. The molecule has 21 heavy (non-hydrogen) atoms. The Morgan fingerprint density at radius 2 is 1.33 bits per heavy atom. The van der Waals surface area contributed by atoms with Crippen molar-refractivity contribution in [1.82, 2.24) is 5.32 Å². The number of hydrogen-bond acceptors (Lipinski definition) is 6. The van der Waals surface area contributed by atoms with E-state index in [1.165, 1.54) is 7.05 Å². The van der Waals surface area contributed by atoms with E-state index in [9.17, 15) is 19.2 Å². The van der Waals surface area contributed by atoms with E-state index in [-0.39, 0.29) is 25.7 Å². The average Bonchev–Trinajstić information content (AvgIpc) is 2.36. The average molecular weight is 308 g/mol. The molecule has 0 aromatic heterocycles. The molecule has 0 spiro atoms. The maximum Gasteiger partial charge on any atom is 0.320 e. The lowest BCUT2D eigenvalue weighted by molar-refractivity contribution is -0.142. The van der Waals surface area contributed by atoms with Gasteiger partial charge in [0.15, 0.2) is 0 Å². The lowest BCUT2D eigenvalue weighted by Crippen LogP contribution is -2.34. The first kappa shape index (κ1) is 21.1. The maximum atomic E-state index is 10.3. The van der Waals surface area contributed by atoms with Gasteiger partial charge in [0.1, 0.15) is 12.1 Å². The van der Waals surface area contributed by atoms with Crippen molar-refractivity contribution in [3.8, 4) is 0 Å². The second kappa shape index (κ2) is 11.6. The molecule has 0 aromatic rings. The van der Waals surface area contributed by atoms with E-state index in [0.29, 0.717) is 0 Å². The number of carboxylic acid groups (broad SMARTS) is 4. The molecular weight excluding hydrogens is 288 g/mol. The number of aliphatic carboxylic acids is 4. The standard InChI is InChI=1S/C6H11NO4.C5H9NO4/c1-7-4(6(10)11)2-3-5(8)9;6-3(5(9)10)1-2-4(7)8/h4,7H,2-3H2,1H3,(H,8,9)(H,10,11);3H,1-2,6H2,(H,7,8)(H,9,10)/t4-;3-/m00/s1. The van der Waals surface area contributed by atoms with E-state index in [0.717, 1.165) is 0 Å². The largest absolute Gasteiger partial charge is 0.481 e. The molecule has 2 atom stereocenters. The van der Waals surface area contributed by atoms with Gasteiger partial charge in [-0.2, -0.15) is 0 Å². The number of hydrogen-bond donors (Lipinski definition) is 6. The van der Waals surface area contributed by atoms with Gasteiger partial charge in [-0.05, 0) is 19.9 Å². The topological polar surface area (TPSA) is 187 Å². The Bertz CT molecular complexity index is 371. The monoisotopic (exact) mass is 308 g/mol. The zero-order chi connectivity index (χ0) is 17.0. The molecule has 0 aromatic carbocycles. The number of nitrogens with two attached hydrogens (primary N) is 1. The quantitative estimate of drug-likeness (QED) is 0.301. The van der Waals surface area contributed by atoms with Crippen molar-refractivity contribution in [2.45, 2.75) is 37.8 Å². The van der Waals surface area contributed by atoms with Gasteiger partial charge in [-0.15, -0.1) is 0 Å². The van der Waals surface area contributed by atoms with Crippen LogP contribution >= 0.6 is 0 Å². The van der Waals surface area contributed by atoms with Crippen LogP contribution < -0.4 is 11.1 Å². The van der Waals surface area contributed by atoms with Gasteiger partial charge in [0.25, 0.3) is 0 Å². The summed E-state index contributed by atoms with van der Waals surface area (Å²) in [7, 11) is 1.49. The van der Waals surface area contributed by atoms with Crippen molar-refractivity contribution in [3.05, 3.63) is 0 Å². The Morgan fingerprint density at radius 1 is 0.905 bits per heavy atom. The normalized spacial score (nSPS) is 12.5. The zero-order valence-electron chi connectivity index (χ0n) is 11.5. The van der Waals surface area contributed by atoms with E-state index in [2.05, 4.69) is 5.32 Å². The smallest absolute Gasteiger partial charge is 0.320 e. The van der Waals surface area contributed by atoms with Crippen molar-refractivity contribution in [3.63, 3.8) is 0 Å². The van der Waals surface area contributed by atoms with Crippen LogP contribution in [0.15, 0.2) is 0 Å². The second-order valence-electron chi connectivity index (χ2n) is 3.99. The predicted octanol–water partition coefficient (Wildman–Crippen LogP) is -1.21. The number of nitrogens with one attached hydrogen (secondary N) is 1. The summed E-state index contributed by atoms with van der Waals surface area (Å²) in [5.74, 6) is -4.20. The summed E-state index contributed by atoms with van der Waals surface area (Å²) in [5.41, 5.74) is 5.00. The molecule has 0 heterocycles. The Hall–Kier alpha value is -2.20. The molecule has 0 aliphatic rings. The van der Waals surface area contributed by atoms with E-state index in [1.807, 2.05) is 0 Å². The van der Waals surface area contributed by atoms with Gasteiger partial charge in [0.2, 0.25) is 0 Å². The van der Waals surface area contributed by atoms with Crippen LogP contribution in [0.2, 0.25) is 0 Å². The minimum atomic E-state index is -1.17. The first-order valence-corrected chi connectivity index (χ1v) is 5.93. The van der Waals surface area contributed by atoms with E-state index in [4.69, 9.17) is 26.2 Å². The number of likely N-dealkylation sites (N-methyl/N-ethyl adjacent to an activating group) is 1. The van der Waals surface area contributed by atoms with Gasteiger partial charge < -0.3 is 31.5 Å². The van der Waals surface area contributed by atoms with Crippen LogP contribution in [-0.2, 0) is 19.2 Å². The molecule has 0 aliphatic carbocycles. The van der Waals surface area contributed by atoms with Crippen LogP contribution in [0.25, 0.3) is 0 Å². The van der Waals surface area contributed by atoms with Crippen LogP contribution in [0.1, 0.15) is 25.7 Å². The van der Waals surface area contributed by atoms with Crippen LogP contribution in [0.3, 0.4) is 0 Å². The molecule has 0 saturated carbocycles. The lowest BCUT2D eigenvalue weighted by Gasteiger charge is -2.07. The fraction of sp³-hybridized carbons (Fsp3) is 0.636. The summed E-state index contributed by atoms with van der Waals surface area (Å²) in [4.78, 5) is 40.2. The summed E-state index contributed by atoms with van der Waals surface area (Å²) < 4.78 is 0. The molecule has 10 heteroatoms. The molecule has 0 fully saturated rings.